The van der Waals surface area contributed by atoms with Gasteiger partial charge < -0.3 is 15.3 Å². The molecule has 0 aromatic heterocycles. The number of amides is 2. The van der Waals surface area contributed by atoms with E-state index in [1.807, 2.05) is 0 Å². The van der Waals surface area contributed by atoms with Gasteiger partial charge >= 0.3 is 0 Å². The molecule has 136 valence electrons. The number of phenols is 1. The number of benzene rings is 2. The molecule has 0 aliphatic carbocycles. The van der Waals surface area contributed by atoms with E-state index in [1.165, 1.54) is 42.5 Å². The Morgan fingerprint density at radius 2 is 1.77 bits per heavy atom. The van der Waals surface area contributed by atoms with E-state index in [9.17, 15) is 19.1 Å². The molecule has 1 aliphatic rings. The van der Waals surface area contributed by atoms with Crippen molar-refractivity contribution in [3.63, 3.8) is 0 Å². The van der Waals surface area contributed by atoms with E-state index >= 15 is 0 Å². The van der Waals surface area contributed by atoms with Gasteiger partial charge in [0.05, 0.1) is 5.56 Å². The number of nitrogens with zero attached hydrogens (tertiary/aromatic N) is 1. The number of halogens is 2. The van der Waals surface area contributed by atoms with Crippen LogP contribution in [0.3, 0.4) is 0 Å². The summed E-state index contributed by atoms with van der Waals surface area (Å²) in [4.78, 5) is 26.4. The number of nitrogens with one attached hydrogen (secondary N) is 1. The molecule has 1 heterocycles. The molecule has 0 atom stereocenters. The van der Waals surface area contributed by atoms with Gasteiger partial charge in [0, 0.05) is 29.7 Å². The van der Waals surface area contributed by atoms with Crippen LogP contribution >= 0.6 is 11.6 Å². The minimum absolute atomic E-state index is 0.0652. The van der Waals surface area contributed by atoms with Gasteiger partial charge in [-0.15, -0.1) is 0 Å². The number of hydrogen-bond acceptors (Lipinski definition) is 3. The van der Waals surface area contributed by atoms with Gasteiger partial charge in [-0.3, -0.25) is 9.59 Å². The Morgan fingerprint density at radius 1 is 1.12 bits per heavy atom. The smallest absolute Gasteiger partial charge is 0.257 e. The first kappa shape index (κ1) is 18.2. The minimum atomic E-state index is -0.391. The molecule has 1 saturated heterocycles. The third-order valence-electron chi connectivity index (χ3n) is 4.41. The normalized spacial score (nSPS) is 14.9. The van der Waals surface area contributed by atoms with E-state index in [4.69, 9.17) is 11.6 Å². The highest BCUT2D eigenvalue weighted by atomic mass is 35.5. The Morgan fingerprint density at radius 3 is 2.42 bits per heavy atom. The predicted octanol–water partition coefficient (Wildman–Crippen LogP) is 3.22. The van der Waals surface area contributed by atoms with Crippen LogP contribution in [-0.4, -0.2) is 41.0 Å². The van der Waals surface area contributed by atoms with Gasteiger partial charge in [-0.1, -0.05) is 11.6 Å². The first-order valence-electron chi connectivity index (χ1n) is 8.28. The van der Waals surface area contributed by atoms with Crippen LogP contribution in [0.25, 0.3) is 0 Å². The van der Waals surface area contributed by atoms with E-state index in [1.54, 1.807) is 4.90 Å². The van der Waals surface area contributed by atoms with Crippen LogP contribution in [0.1, 0.15) is 33.6 Å². The van der Waals surface area contributed by atoms with Crippen molar-refractivity contribution >= 4 is 23.4 Å². The van der Waals surface area contributed by atoms with E-state index in [0.717, 1.165) is 0 Å². The summed E-state index contributed by atoms with van der Waals surface area (Å²) < 4.78 is 12.9. The largest absolute Gasteiger partial charge is 0.507 e. The van der Waals surface area contributed by atoms with Crippen molar-refractivity contribution in [1.29, 1.82) is 0 Å². The van der Waals surface area contributed by atoms with Crippen LogP contribution in [0.15, 0.2) is 42.5 Å². The Bertz CT molecular complexity index is 818. The first-order valence-corrected chi connectivity index (χ1v) is 8.66. The van der Waals surface area contributed by atoms with Crippen LogP contribution < -0.4 is 5.32 Å². The standard InChI is InChI=1S/C19H18ClFN2O3/c20-13-3-6-17(24)16(11-13)19(26)23-9-7-15(8-10-23)22-18(25)12-1-4-14(21)5-2-12/h1-6,11,15,24H,7-10H2,(H,22,25). The summed E-state index contributed by atoms with van der Waals surface area (Å²) >= 11 is 5.90. The molecular weight excluding hydrogens is 359 g/mol. The number of piperidine rings is 1. The zero-order chi connectivity index (χ0) is 18.7. The third-order valence-corrected chi connectivity index (χ3v) is 4.65. The molecule has 2 aromatic rings. The lowest BCUT2D eigenvalue weighted by Crippen LogP contribution is -2.46. The number of rotatable bonds is 3. The van der Waals surface area contributed by atoms with Crippen molar-refractivity contribution in [3.05, 3.63) is 64.4 Å². The monoisotopic (exact) mass is 376 g/mol. The Balaban J connectivity index is 1.57. The highest BCUT2D eigenvalue weighted by Gasteiger charge is 2.26. The highest BCUT2D eigenvalue weighted by Crippen LogP contribution is 2.24. The summed E-state index contributed by atoms with van der Waals surface area (Å²) in [5, 5.41) is 13.1. The summed E-state index contributed by atoms with van der Waals surface area (Å²) in [6.07, 6.45) is 1.19. The summed E-state index contributed by atoms with van der Waals surface area (Å²) in [5.41, 5.74) is 0.569. The van der Waals surface area contributed by atoms with E-state index in [-0.39, 0.29) is 29.2 Å². The molecule has 5 nitrogen and oxygen atoms in total. The fraction of sp³-hybridized carbons (Fsp3) is 0.263. The predicted molar refractivity (Wildman–Crippen MR) is 95.9 cm³/mol. The lowest BCUT2D eigenvalue weighted by atomic mass is 10.0. The first-order chi connectivity index (χ1) is 12.4. The molecule has 2 aromatic carbocycles. The van der Waals surface area contributed by atoms with Crippen LogP contribution in [0.5, 0.6) is 5.75 Å². The number of likely N-dealkylation sites (tertiary alicyclic amines) is 1. The van der Waals surface area contributed by atoms with Crippen molar-refractivity contribution in [2.45, 2.75) is 18.9 Å². The number of aromatic hydroxyl groups is 1. The Hall–Kier alpha value is -2.60. The van der Waals surface area contributed by atoms with Gasteiger partial charge in [-0.25, -0.2) is 4.39 Å². The van der Waals surface area contributed by atoms with Crippen LogP contribution in [0.2, 0.25) is 5.02 Å². The molecule has 1 fully saturated rings. The molecule has 3 rings (SSSR count). The average Bonchev–Trinajstić information content (AvgIpc) is 2.64. The minimum Gasteiger partial charge on any atom is -0.507 e. The van der Waals surface area contributed by atoms with Crippen molar-refractivity contribution < 1.29 is 19.1 Å². The maximum atomic E-state index is 12.9. The summed E-state index contributed by atoms with van der Waals surface area (Å²) in [5.74, 6) is -1.04. The number of hydrogen-bond donors (Lipinski definition) is 2. The second kappa shape index (κ2) is 7.74. The van der Waals surface area contributed by atoms with Crippen molar-refractivity contribution in [3.8, 4) is 5.75 Å². The average molecular weight is 377 g/mol. The van der Waals surface area contributed by atoms with Crippen LogP contribution in [0, 0.1) is 5.82 Å². The fourth-order valence-electron chi connectivity index (χ4n) is 2.95. The van der Waals surface area contributed by atoms with Crippen LogP contribution in [0.4, 0.5) is 4.39 Å². The van der Waals surface area contributed by atoms with Gasteiger partial charge in [0.1, 0.15) is 11.6 Å². The maximum absolute atomic E-state index is 12.9. The number of carbonyl (C=O) groups is 2. The Kier molecular flexibility index (Phi) is 5.42. The number of phenolic OH excluding ortho intramolecular Hbond substituents is 1. The molecule has 0 saturated carbocycles. The maximum Gasteiger partial charge on any atom is 0.257 e. The number of carbonyl (C=O) groups excluding carboxylic acids is 2. The molecule has 0 unspecified atom stereocenters. The van der Waals surface area contributed by atoms with Crippen molar-refractivity contribution in [2.75, 3.05) is 13.1 Å². The summed E-state index contributed by atoms with van der Waals surface area (Å²) in [7, 11) is 0. The van der Waals surface area contributed by atoms with Gasteiger partial charge in [0.15, 0.2) is 0 Å². The quantitative estimate of drug-likeness (QED) is 0.864. The molecule has 0 spiro atoms. The van der Waals surface area contributed by atoms with Crippen molar-refractivity contribution in [1.82, 2.24) is 10.2 Å². The lowest BCUT2D eigenvalue weighted by Gasteiger charge is -2.32. The molecule has 0 bridgehead atoms. The topological polar surface area (TPSA) is 69.6 Å². The van der Waals surface area contributed by atoms with E-state index in [2.05, 4.69) is 5.32 Å². The fourth-order valence-corrected chi connectivity index (χ4v) is 3.12. The summed E-state index contributed by atoms with van der Waals surface area (Å²) in [6, 6.07) is 9.65. The van der Waals surface area contributed by atoms with E-state index in [0.29, 0.717) is 36.5 Å². The summed E-state index contributed by atoms with van der Waals surface area (Å²) in [6.45, 7) is 0.915. The van der Waals surface area contributed by atoms with Crippen LogP contribution in [-0.2, 0) is 0 Å². The lowest BCUT2D eigenvalue weighted by molar-refractivity contribution is 0.0695. The molecule has 2 N–H and O–H groups in total. The Labute approximate surface area is 155 Å². The van der Waals surface area contributed by atoms with Crippen molar-refractivity contribution in [2.24, 2.45) is 0 Å². The molecule has 0 radical (unpaired) electrons. The van der Waals surface area contributed by atoms with E-state index < -0.39 is 5.82 Å². The molecule has 26 heavy (non-hydrogen) atoms. The molecule has 2 amide bonds. The highest BCUT2D eigenvalue weighted by molar-refractivity contribution is 6.31. The second-order valence-electron chi connectivity index (χ2n) is 6.21. The van der Waals surface area contributed by atoms with Gasteiger partial charge in [-0.05, 0) is 55.3 Å². The molecule has 1 aliphatic heterocycles. The molecular formula is C19H18ClFN2O3. The SMILES string of the molecule is O=C(NC1CCN(C(=O)c2cc(Cl)ccc2O)CC1)c1ccc(F)cc1. The third kappa shape index (κ3) is 4.14. The second-order valence-corrected chi connectivity index (χ2v) is 6.64. The van der Waals surface area contributed by atoms with Gasteiger partial charge in [-0.2, -0.15) is 0 Å². The zero-order valence-electron chi connectivity index (χ0n) is 13.9. The van der Waals surface area contributed by atoms with Gasteiger partial charge in [0.25, 0.3) is 11.8 Å². The zero-order valence-corrected chi connectivity index (χ0v) is 14.7. The molecule has 7 heteroatoms. The van der Waals surface area contributed by atoms with Gasteiger partial charge in [0.2, 0.25) is 0 Å².